The number of carbonyl (C=O) groups is 1. The predicted octanol–water partition coefficient (Wildman–Crippen LogP) is 2.36. The normalized spacial score (nSPS) is 21.7. The highest BCUT2D eigenvalue weighted by atomic mass is 32.2. The summed E-state index contributed by atoms with van der Waals surface area (Å²) in [5.41, 5.74) is -0.782. The van der Waals surface area contributed by atoms with Crippen LogP contribution in [0.4, 0.5) is 17.6 Å². The van der Waals surface area contributed by atoms with Crippen molar-refractivity contribution in [1.82, 2.24) is 9.80 Å². The lowest BCUT2D eigenvalue weighted by molar-refractivity contribution is 0.0776. The van der Waals surface area contributed by atoms with Crippen molar-refractivity contribution >= 4 is 17.7 Å². The summed E-state index contributed by atoms with van der Waals surface area (Å²) in [6.07, 6.45) is 1.90. The van der Waals surface area contributed by atoms with E-state index < -0.39 is 34.7 Å². The quantitative estimate of drug-likeness (QED) is 0.481. The molecule has 122 valence electrons. The van der Waals surface area contributed by atoms with Gasteiger partial charge in [-0.1, -0.05) is 0 Å². The molecular formula is C14H16F4N2OS. The van der Waals surface area contributed by atoms with E-state index in [1.807, 2.05) is 25.3 Å². The first-order valence-corrected chi connectivity index (χ1v) is 7.88. The average molecular weight is 336 g/mol. The largest absolute Gasteiger partial charge is 0.336 e. The molecule has 2 rings (SSSR count). The molecule has 0 radical (unpaired) electrons. The highest BCUT2D eigenvalue weighted by molar-refractivity contribution is 7.99. The topological polar surface area (TPSA) is 23.6 Å². The fourth-order valence-corrected chi connectivity index (χ4v) is 3.52. The molecule has 1 amide bonds. The molecule has 0 aromatic heterocycles. The van der Waals surface area contributed by atoms with Gasteiger partial charge in [0.15, 0.2) is 23.3 Å². The van der Waals surface area contributed by atoms with E-state index in [-0.39, 0.29) is 11.3 Å². The van der Waals surface area contributed by atoms with Gasteiger partial charge in [0.25, 0.3) is 5.91 Å². The molecule has 2 atom stereocenters. The van der Waals surface area contributed by atoms with E-state index >= 15 is 0 Å². The summed E-state index contributed by atoms with van der Waals surface area (Å²) in [6.45, 7) is 0.653. The third-order valence-corrected chi connectivity index (χ3v) is 4.89. The molecule has 0 spiro atoms. The van der Waals surface area contributed by atoms with Gasteiger partial charge in [-0.2, -0.15) is 11.8 Å². The highest BCUT2D eigenvalue weighted by Crippen LogP contribution is 2.27. The standard InChI is InChI=1S/C14H16F4N2OS/c1-19(2)9-5-20(6-10(9)22-3)14(21)7-4-8(15)12(17)13(18)11(7)16/h4,9-10H,5-6H2,1-3H3/t9-,10+/m1/s1. The summed E-state index contributed by atoms with van der Waals surface area (Å²) in [5, 5.41) is 0.108. The summed E-state index contributed by atoms with van der Waals surface area (Å²) in [4.78, 5) is 15.6. The number of hydrogen-bond donors (Lipinski definition) is 0. The molecule has 1 aromatic carbocycles. The van der Waals surface area contributed by atoms with Crippen LogP contribution in [0, 0.1) is 23.3 Å². The number of thioether (sulfide) groups is 1. The zero-order valence-electron chi connectivity index (χ0n) is 12.4. The van der Waals surface area contributed by atoms with Gasteiger partial charge in [0, 0.05) is 24.4 Å². The maximum Gasteiger partial charge on any atom is 0.257 e. The zero-order chi connectivity index (χ0) is 16.6. The third-order valence-electron chi connectivity index (χ3n) is 3.82. The molecule has 1 saturated heterocycles. The van der Waals surface area contributed by atoms with Crippen LogP contribution in [0.1, 0.15) is 10.4 Å². The number of likely N-dealkylation sites (tertiary alicyclic amines) is 1. The van der Waals surface area contributed by atoms with Crippen LogP contribution in [0.15, 0.2) is 6.07 Å². The van der Waals surface area contributed by atoms with Crippen LogP contribution in [0.3, 0.4) is 0 Å². The fourth-order valence-electron chi connectivity index (χ4n) is 2.55. The maximum absolute atomic E-state index is 13.7. The summed E-state index contributed by atoms with van der Waals surface area (Å²) < 4.78 is 53.2. The Morgan fingerprint density at radius 3 is 2.32 bits per heavy atom. The van der Waals surface area contributed by atoms with Gasteiger partial charge in [-0.15, -0.1) is 0 Å². The van der Waals surface area contributed by atoms with Gasteiger partial charge in [-0.25, -0.2) is 17.6 Å². The van der Waals surface area contributed by atoms with Crippen LogP contribution in [0.25, 0.3) is 0 Å². The first kappa shape index (κ1) is 17.1. The number of benzene rings is 1. The van der Waals surface area contributed by atoms with Gasteiger partial charge in [-0.3, -0.25) is 4.79 Å². The van der Waals surface area contributed by atoms with Crippen LogP contribution < -0.4 is 0 Å². The molecular weight excluding hydrogens is 320 g/mol. The van der Waals surface area contributed by atoms with E-state index in [4.69, 9.17) is 0 Å². The van der Waals surface area contributed by atoms with Gasteiger partial charge < -0.3 is 9.80 Å². The Morgan fingerprint density at radius 1 is 1.18 bits per heavy atom. The van der Waals surface area contributed by atoms with E-state index in [1.165, 1.54) is 4.90 Å². The fraction of sp³-hybridized carbons (Fsp3) is 0.500. The highest BCUT2D eigenvalue weighted by Gasteiger charge is 2.37. The number of amides is 1. The molecule has 1 aliphatic heterocycles. The van der Waals surface area contributed by atoms with Crippen molar-refractivity contribution in [3.8, 4) is 0 Å². The minimum absolute atomic E-state index is 0.0529. The Kier molecular flexibility index (Phi) is 5.01. The second-order valence-corrected chi connectivity index (χ2v) is 6.44. The molecule has 0 bridgehead atoms. The lowest BCUT2D eigenvalue weighted by Crippen LogP contribution is -2.37. The summed E-state index contributed by atoms with van der Waals surface area (Å²) in [5.74, 6) is -7.94. The molecule has 1 heterocycles. The van der Waals surface area contributed by atoms with Crippen molar-refractivity contribution in [2.75, 3.05) is 33.4 Å². The molecule has 1 aromatic rings. The Hall–Kier alpha value is -1.28. The van der Waals surface area contributed by atoms with Crippen molar-refractivity contribution in [1.29, 1.82) is 0 Å². The van der Waals surface area contributed by atoms with Gasteiger partial charge in [0.2, 0.25) is 0 Å². The Labute approximate surface area is 130 Å². The van der Waals surface area contributed by atoms with Gasteiger partial charge in [0.1, 0.15) is 0 Å². The third kappa shape index (κ3) is 2.94. The van der Waals surface area contributed by atoms with Gasteiger partial charge >= 0.3 is 0 Å². The van der Waals surface area contributed by atoms with Crippen LogP contribution in [0.5, 0.6) is 0 Å². The van der Waals surface area contributed by atoms with E-state index in [0.717, 1.165) is 0 Å². The number of carbonyl (C=O) groups excluding carboxylic acids is 1. The molecule has 1 fully saturated rings. The molecule has 1 aliphatic rings. The van der Waals surface area contributed by atoms with Gasteiger partial charge in [0.05, 0.1) is 5.56 Å². The molecule has 0 N–H and O–H groups in total. The Bertz CT molecular complexity index is 597. The van der Waals surface area contributed by atoms with Crippen molar-refractivity contribution in [2.24, 2.45) is 0 Å². The van der Waals surface area contributed by atoms with Crippen LogP contribution >= 0.6 is 11.8 Å². The van der Waals surface area contributed by atoms with Gasteiger partial charge in [-0.05, 0) is 26.4 Å². The molecule has 8 heteroatoms. The Balaban J connectivity index is 2.30. The van der Waals surface area contributed by atoms with E-state index in [0.29, 0.717) is 19.2 Å². The van der Waals surface area contributed by atoms with Crippen LogP contribution in [0.2, 0.25) is 0 Å². The maximum atomic E-state index is 13.7. The second kappa shape index (κ2) is 6.45. The molecule has 0 unspecified atom stereocenters. The molecule has 22 heavy (non-hydrogen) atoms. The Morgan fingerprint density at radius 2 is 1.82 bits per heavy atom. The first-order valence-electron chi connectivity index (χ1n) is 6.59. The second-order valence-electron chi connectivity index (χ2n) is 5.36. The molecule has 0 saturated carbocycles. The van der Waals surface area contributed by atoms with E-state index in [2.05, 4.69) is 0 Å². The summed E-state index contributed by atoms with van der Waals surface area (Å²) in [7, 11) is 3.72. The number of nitrogens with zero attached hydrogens (tertiary/aromatic N) is 2. The summed E-state index contributed by atoms with van der Waals surface area (Å²) in [6, 6.07) is 0.463. The lowest BCUT2D eigenvalue weighted by atomic mass is 10.1. The first-order chi connectivity index (χ1) is 10.3. The number of rotatable bonds is 3. The summed E-state index contributed by atoms with van der Waals surface area (Å²) >= 11 is 1.56. The zero-order valence-corrected chi connectivity index (χ0v) is 13.2. The number of likely N-dealkylation sites (N-methyl/N-ethyl adjacent to an activating group) is 1. The minimum Gasteiger partial charge on any atom is -0.336 e. The molecule has 3 nitrogen and oxygen atoms in total. The minimum atomic E-state index is -1.96. The molecule has 0 aliphatic carbocycles. The predicted molar refractivity (Wildman–Crippen MR) is 77.0 cm³/mol. The average Bonchev–Trinajstić information content (AvgIpc) is 2.92. The number of halogens is 4. The SMILES string of the molecule is CS[C@H]1CN(C(=O)c2cc(F)c(F)c(F)c2F)C[C@H]1N(C)C. The van der Waals surface area contributed by atoms with E-state index in [9.17, 15) is 22.4 Å². The smallest absolute Gasteiger partial charge is 0.257 e. The van der Waals surface area contributed by atoms with Crippen molar-refractivity contribution in [2.45, 2.75) is 11.3 Å². The lowest BCUT2D eigenvalue weighted by Gasteiger charge is -2.23. The van der Waals surface area contributed by atoms with Crippen molar-refractivity contribution in [3.63, 3.8) is 0 Å². The number of hydrogen-bond acceptors (Lipinski definition) is 3. The monoisotopic (exact) mass is 336 g/mol. The van der Waals surface area contributed by atoms with Crippen LogP contribution in [-0.2, 0) is 0 Å². The van der Waals surface area contributed by atoms with Crippen molar-refractivity contribution in [3.05, 3.63) is 34.9 Å². The van der Waals surface area contributed by atoms with E-state index in [1.54, 1.807) is 11.8 Å². The van der Waals surface area contributed by atoms with Crippen molar-refractivity contribution < 1.29 is 22.4 Å². The van der Waals surface area contributed by atoms with Crippen LogP contribution in [-0.4, -0.2) is 60.4 Å².